The topological polar surface area (TPSA) is 125 Å². The van der Waals surface area contributed by atoms with Gasteiger partial charge in [-0.25, -0.2) is 17.9 Å². The molecule has 1 heterocycles. The molecule has 2 aromatic rings. The minimum Gasteiger partial charge on any atom is -0.318 e. The van der Waals surface area contributed by atoms with Crippen molar-refractivity contribution in [1.29, 1.82) is 0 Å². The Morgan fingerprint density at radius 3 is 2.50 bits per heavy atom. The van der Waals surface area contributed by atoms with Gasteiger partial charge in [0.1, 0.15) is 10.4 Å². The van der Waals surface area contributed by atoms with Crippen molar-refractivity contribution in [3.8, 4) is 0 Å². The van der Waals surface area contributed by atoms with E-state index in [9.17, 15) is 22.8 Å². The van der Waals surface area contributed by atoms with E-state index in [0.29, 0.717) is 10.6 Å². The molecule has 0 aromatic heterocycles. The van der Waals surface area contributed by atoms with Gasteiger partial charge in [0.05, 0.1) is 5.02 Å². The van der Waals surface area contributed by atoms with Crippen LogP contribution in [0.1, 0.15) is 42.1 Å². The third-order valence-corrected chi connectivity index (χ3v) is 7.49. The summed E-state index contributed by atoms with van der Waals surface area (Å²) in [5.41, 5.74) is 1.49. The van der Waals surface area contributed by atoms with Gasteiger partial charge in [0, 0.05) is 11.6 Å². The third-order valence-electron chi connectivity index (χ3n) is 5.48. The van der Waals surface area contributed by atoms with E-state index in [1.165, 1.54) is 12.1 Å². The lowest BCUT2D eigenvalue weighted by atomic mass is 9.87. The van der Waals surface area contributed by atoms with Crippen LogP contribution in [0.3, 0.4) is 0 Å². The van der Waals surface area contributed by atoms with Gasteiger partial charge in [0.25, 0.3) is 11.8 Å². The van der Waals surface area contributed by atoms with Gasteiger partial charge in [0.15, 0.2) is 0 Å². The molecule has 1 saturated carbocycles. The number of carbonyl (C=O) groups excluding carboxylic acids is 3. The Hall–Kier alpha value is -2.95. The second-order valence-corrected chi connectivity index (χ2v) is 9.77. The molecular weight excluding hydrogens is 456 g/mol. The van der Waals surface area contributed by atoms with Gasteiger partial charge >= 0.3 is 6.03 Å². The molecule has 0 bridgehead atoms. The number of hydrazine groups is 1. The van der Waals surface area contributed by atoms with E-state index in [1.54, 1.807) is 37.3 Å². The highest BCUT2D eigenvalue weighted by molar-refractivity contribution is 7.89. The zero-order valence-electron chi connectivity index (χ0n) is 17.1. The summed E-state index contributed by atoms with van der Waals surface area (Å²) in [5.74, 6) is -1.46. The fourth-order valence-corrected chi connectivity index (χ4v) is 5.37. The molecule has 0 unspecified atom stereocenters. The SMILES string of the molecule is CC[C@]1(c2ccccc2)NC(=O)N(NC(=O)c2ccc(Cl)c(S(=O)(=O)NC3CC3)c2)C1=O. The first-order chi connectivity index (χ1) is 15.2. The molecule has 0 spiro atoms. The molecule has 32 heavy (non-hydrogen) atoms. The average molecular weight is 477 g/mol. The molecule has 9 nitrogen and oxygen atoms in total. The highest BCUT2D eigenvalue weighted by atomic mass is 35.5. The summed E-state index contributed by atoms with van der Waals surface area (Å²) in [6, 6.07) is 11.5. The maximum Gasteiger partial charge on any atom is 0.344 e. The molecule has 168 valence electrons. The van der Waals surface area contributed by atoms with E-state index >= 15 is 0 Å². The van der Waals surface area contributed by atoms with Crippen molar-refractivity contribution in [1.82, 2.24) is 20.5 Å². The maximum absolute atomic E-state index is 13.1. The van der Waals surface area contributed by atoms with E-state index in [0.717, 1.165) is 18.9 Å². The van der Waals surface area contributed by atoms with Gasteiger partial charge in [-0.05, 0) is 43.0 Å². The van der Waals surface area contributed by atoms with Crippen LogP contribution in [0.25, 0.3) is 0 Å². The van der Waals surface area contributed by atoms with Gasteiger partial charge in [0.2, 0.25) is 10.0 Å². The van der Waals surface area contributed by atoms with Gasteiger partial charge in [-0.2, -0.15) is 5.01 Å². The number of imide groups is 1. The number of nitrogens with one attached hydrogen (secondary N) is 3. The molecule has 2 fully saturated rings. The molecule has 1 aliphatic carbocycles. The Labute approximate surface area is 190 Å². The lowest BCUT2D eigenvalue weighted by molar-refractivity contribution is -0.133. The standard InChI is InChI=1S/C21H21ClN4O5S/c1-2-21(14-6-4-3-5-7-14)19(28)26(20(29)23-21)24-18(27)13-8-11-16(22)17(12-13)32(30,31)25-15-9-10-15/h3-8,11-12,15,25H,2,9-10H2,1H3,(H,23,29)(H,24,27)/t21-/m1/s1. The van der Waals surface area contributed by atoms with Gasteiger partial charge in [-0.15, -0.1) is 0 Å². The quantitative estimate of drug-likeness (QED) is 0.529. The second-order valence-electron chi connectivity index (χ2n) is 7.68. The summed E-state index contributed by atoms with van der Waals surface area (Å²) < 4.78 is 27.6. The van der Waals surface area contributed by atoms with Crippen LogP contribution in [-0.2, 0) is 20.4 Å². The van der Waals surface area contributed by atoms with Crippen molar-refractivity contribution in [3.63, 3.8) is 0 Å². The van der Waals surface area contributed by atoms with Crippen molar-refractivity contribution in [2.45, 2.75) is 42.7 Å². The number of hydrogen-bond donors (Lipinski definition) is 3. The molecule has 0 radical (unpaired) electrons. The van der Waals surface area contributed by atoms with Crippen LogP contribution in [0, 0.1) is 0 Å². The predicted molar refractivity (Wildman–Crippen MR) is 116 cm³/mol. The minimum absolute atomic E-state index is 0.0428. The minimum atomic E-state index is -3.91. The Morgan fingerprint density at radius 2 is 1.88 bits per heavy atom. The predicted octanol–water partition coefficient (Wildman–Crippen LogP) is 2.28. The normalized spacial score (nSPS) is 20.9. The third kappa shape index (κ3) is 3.96. The summed E-state index contributed by atoms with van der Waals surface area (Å²) in [4.78, 5) is 38.3. The fourth-order valence-electron chi connectivity index (χ4n) is 3.54. The zero-order valence-corrected chi connectivity index (χ0v) is 18.7. The number of nitrogens with zero attached hydrogens (tertiary/aromatic N) is 1. The number of sulfonamides is 1. The van der Waals surface area contributed by atoms with Crippen LogP contribution in [0.5, 0.6) is 0 Å². The average Bonchev–Trinajstić information content (AvgIpc) is 3.54. The highest BCUT2D eigenvalue weighted by Gasteiger charge is 2.52. The van der Waals surface area contributed by atoms with Crippen LogP contribution in [0.2, 0.25) is 5.02 Å². The van der Waals surface area contributed by atoms with Crippen molar-refractivity contribution < 1.29 is 22.8 Å². The van der Waals surface area contributed by atoms with Crippen molar-refractivity contribution in [2.24, 2.45) is 0 Å². The van der Waals surface area contributed by atoms with E-state index < -0.39 is 33.4 Å². The van der Waals surface area contributed by atoms with Crippen molar-refractivity contribution in [3.05, 3.63) is 64.7 Å². The maximum atomic E-state index is 13.1. The number of amides is 4. The molecule has 11 heteroatoms. The van der Waals surface area contributed by atoms with Crippen LogP contribution in [-0.4, -0.2) is 37.3 Å². The van der Waals surface area contributed by atoms with Crippen LogP contribution in [0.15, 0.2) is 53.4 Å². The van der Waals surface area contributed by atoms with Gasteiger partial charge in [-0.3, -0.25) is 15.0 Å². The fraction of sp³-hybridized carbons (Fsp3) is 0.286. The Balaban J connectivity index is 1.58. The first-order valence-electron chi connectivity index (χ1n) is 10.0. The summed E-state index contributed by atoms with van der Waals surface area (Å²) >= 11 is 6.05. The summed E-state index contributed by atoms with van der Waals surface area (Å²) in [5, 5.41) is 3.23. The number of halogens is 1. The molecular formula is C21H21ClN4O5S. The second kappa shape index (κ2) is 8.19. The van der Waals surface area contributed by atoms with Gasteiger partial charge < -0.3 is 5.32 Å². The first kappa shape index (κ1) is 22.3. The molecule has 2 aliphatic rings. The van der Waals surface area contributed by atoms with Crippen LogP contribution >= 0.6 is 11.6 Å². The molecule has 3 N–H and O–H groups in total. The Kier molecular flexibility index (Phi) is 5.70. The number of carbonyl (C=O) groups is 3. The van der Waals surface area contributed by atoms with E-state index in [1.807, 2.05) is 0 Å². The van der Waals surface area contributed by atoms with Crippen LogP contribution < -0.4 is 15.5 Å². The highest BCUT2D eigenvalue weighted by Crippen LogP contribution is 2.32. The monoisotopic (exact) mass is 476 g/mol. The molecule has 1 aliphatic heterocycles. The molecule has 1 saturated heterocycles. The molecule has 4 amide bonds. The van der Waals surface area contributed by atoms with Crippen LogP contribution in [0.4, 0.5) is 4.79 Å². The Bertz CT molecular complexity index is 1200. The summed E-state index contributed by atoms with van der Waals surface area (Å²) in [6.07, 6.45) is 1.75. The molecule has 2 aromatic carbocycles. The van der Waals surface area contributed by atoms with Crippen molar-refractivity contribution in [2.75, 3.05) is 0 Å². The Morgan fingerprint density at radius 1 is 1.19 bits per heavy atom. The summed E-state index contributed by atoms with van der Waals surface area (Å²) in [6.45, 7) is 1.75. The van der Waals surface area contributed by atoms with E-state index in [4.69, 9.17) is 11.6 Å². The first-order valence-corrected chi connectivity index (χ1v) is 11.9. The smallest absolute Gasteiger partial charge is 0.318 e. The molecule has 4 rings (SSSR count). The lowest BCUT2D eigenvalue weighted by Gasteiger charge is -2.25. The van der Waals surface area contributed by atoms with Crippen molar-refractivity contribution >= 4 is 39.5 Å². The number of hydrogen-bond acceptors (Lipinski definition) is 5. The molecule has 1 atom stereocenters. The van der Waals surface area contributed by atoms with E-state index in [2.05, 4.69) is 15.5 Å². The number of benzene rings is 2. The van der Waals surface area contributed by atoms with Gasteiger partial charge in [-0.1, -0.05) is 48.9 Å². The number of rotatable bonds is 7. The largest absolute Gasteiger partial charge is 0.344 e. The summed E-state index contributed by atoms with van der Waals surface area (Å²) in [7, 11) is -3.91. The lowest BCUT2D eigenvalue weighted by Crippen LogP contribution is -2.48. The zero-order chi connectivity index (χ0) is 23.1. The van der Waals surface area contributed by atoms with E-state index in [-0.39, 0.29) is 27.9 Å². The number of urea groups is 1.